The molecule has 2 aliphatic rings. The molecule has 37 heavy (non-hydrogen) atoms. The molecule has 1 N–H and O–H groups in total. The first-order valence-corrected chi connectivity index (χ1v) is 13.0. The van der Waals surface area contributed by atoms with Crippen molar-refractivity contribution in [3.8, 4) is 0 Å². The van der Waals surface area contributed by atoms with Crippen LogP contribution in [0, 0.1) is 18.6 Å². The summed E-state index contributed by atoms with van der Waals surface area (Å²) in [6.07, 6.45) is 2.38. The summed E-state index contributed by atoms with van der Waals surface area (Å²) in [4.78, 5) is 14.7. The number of hydrogen-bond acceptors (Lipinski definition) is 3. The maximum absolute atomic E-state index is 15.4. The summed E-state index contributed by atoms with van der Waals surface area (Å²) < 4.78 is 32.3. The van der Waals surface area contributed by atoms with Crippen LogP contribution < -0.4 is 34.5 Å². The first-order valence-electron chi connectivity index (χ1n) is 11.8. The van der Waals surface area contributed by atoms with Crippen LogP contribution in [0.2, 0.25) is 5.02 Å². The third kappa shape index (κ3) is 4.39. The number of carboxylic acid groups (broad SMARTS) is 1. The number of aromatic nitrogens is 1. The Balaban J connectivity index is 0.00000168. The van der Waals surface area contributed by atoms with E-state index in [1.807, 2.05) is 11.5 Å². The minimum atomic E-state index is -1.33. The number of para-hydroxylation sites is 1. The van der Waals surface area contributed by atoms with Crippen LogP contribution in [0.25, 0.3) is 10.9 Å². The molecule has 0 radical (unpaired) electrons. The molecule has 1 aromatic heterocycles. The molecule has 2 heterocycles. The molecule has 186 valence electrons. The second-order valence-electron chi connectivity index (χ2n) is 9.57. The Hall–Kier alpha value is -2.03. The van der Waals surface area contributed by atoms with Crippen LogP contribution in [0.3, 0.4) is 0 Å². The van der Waals surface area contributed by atoms with Gasteiger partial charge < -0.3 is 16.0 Å². The molecular weight excluding hydrogens is 525 g/mol. The minimum Gasteiger partial charge on any atom is -1.00 e. The zero-order valence-electron chi connectivity index (χ0n) is 21.5. The van der Waals surface area contributed by atoms with Crippen LogP contribution >= 0.6 is 23.4 Å². The van der Waals surface area contributed by atoms with E-state index in [1.165, 1.54) is 48.4 Å². The van der Waals surface area contributed by atoms with E-state index in [0.29, 0.717) is 28.9 Å². The minimum absolute atomic E-state index is 0. The largest absolute Gasteiger partial charge is 1.00 e. The van der Waals surface area contributed by atoms with Crippen LogP contribution in [0.4, 0.5) is 14.5 Å². The van der Waals surface area contributed by atoms with Gasteiger partial charge in [0.2, 0.25) is 0 Å². The number of fused-ring (bicyclic) bond motifs is 3. The Morgan fingerprint density at radius 2 is 1.84 bits per heavy atom. The average Bonchev–Trinajstić information content (AvgIpc) is 3.51. The smallest absolute Gasteiger partial charge is 1.00 e. The van der Waals surface area contributed by atoms with Crippen LogP contribution in [0.5, 0.6) is 0 Å². The van der Waals surface area contributed by atoms with E-state index in [-0.39, 0.29) is 46.3 Å². The molecule has 1 fully saturated rings. The number of halogens is 3. The number of carbonyl (C=O) groups is 1. The van der Waals surface area contributed by atoms with Gasteiger partial charge in [-0.3, -0.25) is 0 Å². The van der Waals surface area contributed by atoms with E-state index in [9.17, 15) is 14.3 Å². The monoisotopic (exact) mass is 548 g/mol. The third-order valence-corrected chi connectivity index (χ3v) is 9.03. The van der Waals surface area contributed by atoms with Crippen molar-refractivity contribution in [2.24, 2.45) is 0 Å². The van der Waals surface area contributed by atoms with Crippen molar-refractivity contribution in [3.05, 3.63) is 88.1 Å². The van der Waals surface area contributed by atoms with E-state index < -0.39 is 23.2 Å². The van der Waals surface area contributed by atoms with Gasteiger partial charge in [-0.25, -0.2) is 13.6 Å². The number of anilines is 1. The Morgan fingerprint density at radius 3 is 2.57 bits per heavy atom. The first kappa shape index (κ1) is 26.6. The van der Waals surface area contributed by atoms with Crippen LogP contribution in [-0.4, -0.2) is 28.7 Å². The zero-order chi connectivity index (χ0) is 25.2. The van der Waals surface area contributed by atoms with Gasteiger partial charge in [0.25, 0.3) is 0 Å². The molecule has 4 nitrogen and oxygen atoms in total. The third-order valence-electron chi connectivity index (χ3n) is 7.48. The van der Waals surface area contributed by atoms with E-state index in [4.69, 9.17) is 11.6 Å². The Labute approximate surface area is 246 Å². The summed E-state index contributed by atoms with van der Waals surface area (Å²) in [6, 6.07) is 16.0. The van der Waals surface area contributed by atoms with Gasteiger partial charge in [0.05, 0.1) is 16.1 Å². The van der Waals surface area contributed by atoms with Gasteiger partial charge in [-0.15, -0.1) is 0 Å². The fourth-order valence-corrected chi connectivity index (χ4v) is 6.73. The molecular formula is C28H24ClF2N2NaO2S. The molecule has 1 aliphatic heterocycles. The number of carboxylic acids is 1. The molecule has 0 bridgehead atoms. The first-order chi connectivity index (χ1) is 17.3. The van der Waals surface area contributed by atoms with Crippen molar-refractivity contribution in [3.63, 3.8) is 0 Å². The second kappa shape index (κ2) is 9.93. The molecule has 9 heteroatoms. The molecule has 1 spiro atoms. The SMILES string of the molecule is Cc1c(Sc2cccc(C(=O)O)c2F)c2ccc(Cl)c(F)c2n1CCN1CC2(CC2)c2ccccc21.[H-].[Na+]. The molecule has 0 saturated heterocycles. The van der Waals surface area contributed by atoms with Crippen molar-refractivity contribution in [2.75, 3.05) is 18.0 Å². The summed E-state index contributed by atoms with van der Waals surface area (Å²) in [6.45, 7) is 4.07. The Bertz CT molecular complexity index is 1560. The van der Waals surface area contributed by atoms with E-state index >= 15 is 4.39 Å². The van der Waals surface area contributed by atoms with Crippen LogP contribution in [0.15, 0.2) is 64.4 Å². The number of rotatable bonds is 6. The van der Waals surface area contributed by atoms with Crippen molar-refractivity contribution in [1.82, 2.24) is 4.57 Å². The van der Waals surface area contributed by atoms with Crippen molar-refractivity contribution in [1.29, 1.82) is 0 Å². The van der Waals surface area contributed by atoms with Gasteiger partial charge in [-0.05, 0) is 55.7 Å². The van der Waals surface area contributed by atoms with Gasteiger partial charge in [0.1, 0.15) is 0 Å². The summed E-state index contributed by atoms with van der Waals surface area (Å²) >= 11 is 7.28. The number of benzene rings is 3. The maximum atomic E-state index is 15.4. The quantitative estimate of drug-likeness (QED) is 0.363. The maximum Gasteiger partial charge on any atom is 1.00 e. The Morgan fingerprint density at radius 1 is 1.08 bits per heavy atom. The van der Waals surface area contributed by atoms with Gasteiger partial charge in [-0.1, -0.05) is 47.6 Å². The van der Waals surface area contributed by atoms with E-state index in [1.54, 1.807) is 6.07 Å². The summed E-state index contributed by atoms with van der Waals surface area (Å²) in [5, 5.41) is 9.97. The van der Waals surface area contributed by atoms with Crippen molar-refractivity contribution < 1.29 is 49.7 Å². The van der Waals surface area contributed by atoms with E-state index in [0.717, 1.165) is 24.0 Å². The molecule has 3 aromatic carbocycles. The molecule has 6 rings (SSSR count). The topological polar surface area (TPSA) is 45.5 Å². The van der Waals surface area contributed by atoms with Gasteiger partial charge in [0, 0.05) is 51.6 Å². The van der Waals surface area contributed by atoms with Crippen LogP contribution in [0.1, 0.15) is 35.9 Å². The molecule has 1 aliphatic carbocycles. The normalized spacial score (nSPS) is 15.2. The van der Waals surface area contributed by atoms with Gasteiger partial charge >= 0.3 is 35.5 Å². The van der Waals surface area contributed by atoms with E-state index in [2.05, 4.69) is 29.2 Å². The number of aromatic carboxylic acids is 1. The molecule has 0 unspecified atom stereocenters. The average molecular weight is 549 g/mol. The number of hydrogen-bond donors (Lipinski definition) is 1. The predicted molar refractivity (Wildman–Crippen MR) is 140 cm³/mol. The fourth-order valence-electron chi connectivity index (χ4n) is 5.48. The number of nitrogens with zero attached hydrogens (tertiary/aromatic N) is 2. The summed E-state index contributed by atoms with van der Waals surface area (Å²) in [5.41, 5.74) is 3.67. The standard InChI is InChI=1S/C28H23ClF2N2O2S.Na.H/c1-16-26(36-22-8-4-5-17(23(22)30)27(34)35)18-9-10-20(29)24(31)25(18)33(16)14-13-32-15-28(11-12-28)19-6-2-3-7-21(19)32;;/h2-10H,11-15H2,1H3,(H,34,35);;/q;+1;-1. The van der Waals surface area contributed by atoms with Crippen LogP contribution in [-0.2, 0) is 12.0 Å². The molecule has 4 aromatic rings. The van der Waals surface area contributed by atoms with Crippen molar-refractivity contribution in [2.45, 2.75) is 41.5 Å². The van der Waals surface area contributed by atoms with Crippen molar-refractivity contribution >= 4 is 45.9 Å². The predicted octanol–water partition coefficient (Wildman–Crippen LogP) is 4.40. The molecule has 0 atom stereocenters. The fraction of sp³-hybridized carbons (Fsp3) is 0.250. The van der Waals surface area contributed by atoms with Gasteiger partial charge in [0.15, 0.2) is 11.6 Å². The second-order valence-corrected chi connectivity index (χ2v) is 11.0. The molecule has 0 amide bonds. The summed E-state index contributed by atoms with van der Waals surface area (Å²) in [5.74, 6) is -2.64. The Kier molecular flexibility index (Phi) is 7.13. The summed E-state index contributed by atoms with van der Waals surface area (Å²) in [7, 11) is 0. The molecule has 1 saturated carbocycles. The zero-order valence-corrected chi connectivity index (χ0v) is 24.1. The van der Waals surface area contributed by atoms with Gasteiger partial charge in [-0.2, -0.15) is 0 Å².